The maximum atomic E-state index is 2.58. The van der Waals surface area contributed by atoms with Crippen LogP contribution >= 0.6 is 0 Å². The van der Waals surface area contributed by atoms with Gasteiger partial charge in [-0.1, -0.05) is 36.4 Å². The highest BCUT2D eigenvalue weighted by Crippen LogP contribution is 2.37. The third kappa shape index (κ3) is 7.20. The third-order valence-corrected chi connectivity index (χ3v) is 12.5. The fraction of sp³-hybridized carbons (Fsp3) is 0.581. The summed E-state index contributed by atoms with van der Waals surface area (Å²) >= 11 is 0. The van der Waals surface area contributed by atoms with Crippen LogP contribution in [0.2, 0.25) is 0 Å². The van der Waals surface area contributed by atoms with Gasteiger partial charge in [0.2, 0.25) is 0 Å². The second-order valence-electron chi connectivity index (χ2n) is 16.0. The van der Waals surface area contributed by atoms with E-state index in [0.29, 0.717) is 0 Å². The highest BCUT2D eigenvalue weighted by molar-refractivity contribution is 5.55. The molecule has 6 aliphatic rings. The minimum Gasteiger partial charge on any atom is -0.236 e. The Morgan fingerprint density at radius 1 is 0.269 bits per heavy atom. The number of nitrogens with zero attached hydrogens (tertiary/aromatic N) is 9. The molecule has 0 aromatic heterocycles. The van der Waals surface area contributed by atoms with E-state index >= 15 is 0 Å². The van der Waals surface area contributed by atoms with E-state index in [4.69, 9.17) is 0 Å². The van der Waals surface area contributed by atoms with Gasteiger partial charge in [-0.25, -0.2) is 45.4 Å². The van der Waals surface area contributed by atoms with Crippen molar-refractivity contribution in [1.82, 2.24) is 30.1 Å². The van der Waals surface area contributed by atoms with Gasteiger partial charge in [0, 0.05) is 84.5 Å². The van der Waals surface area contributed by atoms with E-state index in [1.807, 2.05) is 0 Å². The smallest absolute Gasteiger partial charge is 0.0707 e. The number of hydrazine groups is 6. The van der Waals surface area contributed by atoms with Crippen molar-refractivity contribution in [3.63, 3.8) is 0 Å². The first-order chi connectivity index (χ1) is 25.8. The summed E-state index contributed by atoms with van der Waals surface area (Å²) in [5.41, 5.74) is 7.99. The molecule has 9 nitrogen and oxygen atoms in total. The van der Waals surface area contributed by atoms with Gasteiger partial charge in [-0.15, -0.1) is 0 Å². The second kappa shape index (κ2) is 16.0. The normalized spacial score (nSPS) is 22.8. The molecule has 0 saturated carbocycles. The largest absolute Gasteiger partial charge is 0.236 e. The summed E-state index contributed by atoms with van der Waals surface area (Å²) in [5, 5.41) is 23.0. The summed E-state index contributed by atoms with van der Waals surface area (Å²) in [6, 6.07) is 28.9. The fourth-order valence-corrected chi connectivity index (χ4v) is 9.83. The molecule has 0 amide bonds. The lowest BCUT2D eigenvalue weighted by molar-refractivity contribution is 0.141. The average molecular weight is 704 g/mol. The first-order valence-electron chi connectivity index (χ1n) is 21.0. The molecule has 0 spiro atoms. The summed E-state index contributed by atoms with van der Waals surface area (Å²) in [5.74, 6) is 0.156. The molecule has 0 unspecified atom stereocenters. The summed E-state index contributed by atoms with van der Waals surface area (Å²) in [6.07, 6.45) is 15.5. The molecule has 0 radical (unpaired) electrons. The summed E-state index contributed by atoms with van der Waals surface area (Å²) in [7, 11) is 0. The molecule has 0 atom stereocenters. The van der Waals surface area contributed by atoms with Crippen molar-refractivity contribution in [3.8, 4) is 0 Å². The molecule has 9 rings (SSSR count). The summed E-state index contributed by atoms with van der Waals surface area (Å²) in [4.78, 5) is 0. The van der Waals surface area contributed by atoms with Gasteiger partial charge in [0.25, 0.3) is 0 Å². The second-order valence-corrected chi connectivity index (χ2v) is 16.0. The molecule has 278 valence electrons. The van der Waals surface area contributed by atoms with Gasteiger partial charge in [0.05, 0.1) is 17.1 Å². The Morgan fingerprint density at radius 2 is 0.442 bits per heavy atom. The van der Waals surface area contributed by atoms with Crippen LogP contribution in [-0.4, -0.2) is 109 Å². The van der Waals surface area contributed by atoms with Crippen molar-refractivity contribution in [2.45, 2.75) is 83.0 Å². The molecule has 52 heavy (non-hydrogen) atoms. The zero-order valence-corrected chi connectivity index (χ0v) is 31.5. The molecule has 6 saturated heterocycles. The van der Waals surface area contributed by atoms with Gasteiger partial charge in [-0.2, -0.15) is 0 Å². The van der Waals surface area contributed by atoms with Gasteiger partial charge in [0.15, 0.2) is 0 Å². The molecule has 6 fully saturated rings. The quantitative estimate of drug-likeness (QED) is 0.180. The molecule has 3 aromatic carbocycles. The van der Waals surface area contributed by atoms with Crippen molar-refractivity contribution in [1.29, 1.82) is 0 Å². The maximum Gasteiger partial charge on any atom is 0.0707 e. The third-order valence-electron chi connectivity index (χ3n) is 12.5. The fourth-order valence-electron chi connectivity index (χ4n) is 9.83. The summed E-state index contributed by atoms with van der Waals surface area (Å²) < 4.78 is 0. The molecule has 3 aromatic rings. The number of benzene rings is 3. The average Bonchev–Trinajstić information content (AvgIpc) is 4.04. The lowest BCUT2D eigenvalue weighted by atomic mass is 9.85. The SMILES string of the molecule is c1cc(N(N2CCCC2)N2CCCC2)ccc1C(c1ccc(N(N2CCCC2)N2CCCC2)cc1)c1ccc(N(N2CCCC2)N2CCCC2)cc1. The monoisotopic (exact) mass is 704 g/mol. The Morgan fingerprint density at radius 3 is 0.615 bits per heavy atom. The minimum atomic E-state index is 0.156. The zero-order chi connectivity index (χ0) is 34.7. The van der Waals surface area contributed by atoms with Crippen LogP contribution in [-0.2, 0) is 0 Å². The lowest BCUT2D eigenvalue weighted by Crippen LogP contribution is -2.51. The molecule has 0 aliphatic carbocycles. The van der Waals surface area contributed by atoms with Gasteiger partial charge in [-0.3, -0.25) is 0 Å². The van der Waals surface area contributed by atoms with Crippen LogP contribution in [0.5, 0.6) is 0 Å². The number of rotatable bonds is 12. The van der Waals surface area contributed by atoms with E-state index in [1.54, 1.807) is 0 Å². The molecule has 0 bridgehead atoms. The van der Waals surface area contributed by atoms with Crippen molar-refractivity contribution in [2.75, 3.05) is 93.9 Å². The lowest BCUT2D eigenvalue weighted by Gasteiger charge is -2.40. The molecule has 9 heteroatoms. The highest BCUT2D eigenvalue weighted by atomic mass is 15.9. The van der Waals surface area contributed by atoms with Gasteiger partial charge in [0.1, 0.15) is 0 Å². The van der Waals surface area contributed by atoms with Crippen molar-refractivity contribution in [3.05, 3.63) is 89.5 Å². The van der Waals surface area contributed by atoms with Crippen LogP contribution in [0.25, 0.3) is 0 Å². The first-order valence-corrected chi connectivity index (χ1v) is 21.0. The topological polar surface area (TPSA) is 29.2 Å². The van der Waals surface area contributed by atoms with Crippen LogP contribution in [0.1, 0.15) is 99.7 Å². The Labute approximate surface area is 312 Å². The first kappa shape index (κ1) is 34.6. The van der Waals surface area contributed by atoms with E-state index in [-0.39, 0.29) is 5.92 Å². The van der Waals surface area contributed by atoms with Crippen molar-refractivity contribution in [2.24, 2.45) is 0 Å². The zero-order valence-electron chi connectivity index (χ0n) is 31.5. The van der Waals surface area contributed by atoms with Crippen molar-refractivity contribution >= 4 is 17.1 Å². The van der Waals surface area contributed by atoms with Crippen LogP contribution < -0.4 is 15.4 Å². The molecule has 6 aliphatic heterocycles. The van der Waals surface area contributed by atoms with Crippen LogP contribution in [0.15, 0.2) is 72.8 Å². The van der Waals surface area contributed by atoms with E-state index in [1.165, 1.54) is 111 Å². The number of hydrogen-bond acceptors (Lipinski definition) is 9. The molecule has 0 N–H and O–H groups in total. The summed E-state index contributed by atoms with van der Waals surface area (Å²) in [6.45, 7) is 13.8. The van der Waals surface area contributed by atoms with Gasteiger partial charge >= 0.3 is 0 Å². The van der Waals surface area contributed by atoms with Crippen LogP contribution in [0.4, 0.5) is 17.1 Å². The highest BCUT2D eigenvalue weighted by Gasteiger charge is 2.31. The minimum absolute atomic E-state index is 0.156. The predicted molar refractivity (Wildman–Crippen MR) is 213 cm³/mol. The Balaban J connectivity index is 1.05. The molecular weight excluding hydrogens is 643 g/mol. The predicted octanol–water partition coefficient (Wildman–Crippen LogP) is 7.35. The van der Waals surface area contributed by atoms with Crippen LogP contribution in [0, 0.1) is 0 Å². The van der Waals surface area contributed by atoms with E-state index in [9.17, 15) is 0 Å². The van der Waals surface area contributed by atoms with E-state index in [0.717, 1.165) is 78.5 Å². The van der Waals surface area contributed by atoms with Crippen LogP contribution in [0.3, 0.4) is 0 Å². The number of anilines is 3. The van der Waals surface area contributed by atoms with Gasteiger partial charge < -0.3 is 0 Å². The van der Waals surface area contributed by atoms with Crippen molar-refractivity contribution < 1.29 is 0 Å². The standard InChI is InChI=1S/C43H61N9/c1-2-26-44(25-1)50(45-27-3-4-28-45)40-19-13-37(14-20-40)43(38-15-21-41(22-16-38)51(46-29-5-6-30-46)47-31-7-8-32-47)39-17-23-42(24-18-39)52(48-33-9-10-34-48)49-35-11-12-36-49/h13-24,43H,1-12,25-36H2. The molecular formula is C43H61N9. The Bertz CT molecular complexity index is 1310. The van der Waals surface area contributed by atoms with Gasteiger partial charge in [-0.05, 0) is 130 Å². The Kier molecular flexibility index (Phi) is 10.7. The van der Waals surface area contributed by atoms with E-state index < -0.39 is 0 Å². The maximum absolute atomic E-state index is 2.58. The van der Waals surface area contributed by atoms with E-state index in [2.05, 4.69) is 118 Å². The number of hydrogen-bond donors (Lipinski definition) is 0. The molecule has 6 heterocycles. The Hall–Kier alpha value is -3.18.